The van der Waals surface area contributed by atoms with E-state index in [-0.39, 0.29) is 5.91 Å². The lowest BCUT2D eigenvalue weighted by atomic mass is 10.2. The lowest BCUT2D eigenvalue weighted by Gasteiger charge is -2.13. The monoisotopic (exact) mass is 466 g/mol. The molecule has 0 aromatic heterocycles. The maximum Gasteiger partial charge on any atom is 0.271 e. The highest BCUT2D eigenvalue weighted by Gasteiger charge is 2.07. The molecule has 35 heavy (non-hydrogen) atoms. The average molecular weight is 467 g/mol. The third-order valence-corrected chi connectivity index (χ3v) is 5.17. The van der Waals surface area contributed by atoms with Crippen LogP contribution in [0.25, 0.3) is 0 Å². The lowest BCUT2D eigenvalue weighted by molar-refractivity contribution is 0.0955. The van der Waals surface area contributed by atoms with Gasteiger partial charge in [0.25, 0.3) is 5.91 Å². The fourth-order valence-corrected chi connectivity index (χ4v) is 3.29. The van der Waals surface area contributed by atoms with E-state index in [0.717, 1.165) is 22.4 Å². The minimum atomic E-state index is -0.256. The number of hydrogen-bond acceptors (Lipinski definition) is 5. The van der Waals surface area contributed by atoms with Crippen LogP contribution in [0.2, 0.25) is 0 Å². The molecule has 0 saturated carbocycles. The Morgan fingerprint density at radius 1 is 0.771 bits per heavy atom. The molecule has 0 atom stereocenters. The second-order valence-electron chi connectivity index (χ2n) is 7.68. The summed E-state index contributed by atoms with van der Waals surface area (Å²) in [6, 6.07) is 32.1. The fraction of sp³-hybridized carbons (Fsp3) is 0.103. The van der Waals surface area contributed by atoms with Crippen molar-refractivity contribution in [2.24, 2.45) is 5.10 Å². The predicted molar refractivity (Wildman–Crippen MR) is 136 cm³/mol. The van der Waals surface area contributed by atoms with Crippen LogP contribution in [0.5, 0.6) is 17.2 Å². The zero-order valence-corrected chi connectivity index (χ0v) is 19.4. The van der Waals surface area contributed by atoms with Gasteiger partial charge in [0.2, 0.25) is 0 Å². The number of benzene rings is 4. The molecule has 4 aromatic carbocycles. The van der Waals surface area contributed by atoms with Crippen molar-refractivity contribution >= 4 is 12.1 Å². The van der Waals surface area contributed by atoms with Gasteiger partial charge in [0.1, 0.15) is 19.0 Å². The number of amides is 1. The molecule has 0 spiro atoms. The minimum Gasteiger partial charge on any atom is -0.493 e. The van der Waals surface area contributed by atoms with E-state index in [1.54, 1.807) is 25.5 Å². The van der Waals surface area contributed by atoms with Crippen molar-refractivity contribution in [1.29, 1.82) is 0 Å². The molecule has 0 aliphatic carbocycles. The molecule has 0 aliphatic rings. The molecular weight excluding hydrogens is 440 g/mol. The Morgan fingerprint density at radius 2 is 1.46 bits per heavy atom. The first-order valence-corrected chi connectivity index (χ1v) is 11.2. The molecule has 0 fully saturated rings. The first kappa shape index (κ1) is 23.6. The van der Waals surface area contributed by atoms with Crippen molar-refractivity contribution in [2.75, 3.05) is 7.11 Å². The van der Waals surface area contributed by atoms with Crippen LogP contribution in [0.3, 0.4) is 0 Å². The third kappa shape index (κ3) is 6.95. The van der Waals surface area contributed by atoms with Gasteiger partial charge in [-0.2, -0.15) is 5.10 Å². The SMILES string of the molecule is COc1cc(COc2ccc(C=NNC(=O)c3ccccc3)cc2)ccc1OCc1ccccc1. The zero-order chi connectivity index (χ0) is 24.3. The van der Waals surface area contributed by atoms with Crippen LogP contribution in [0.15, 0.2) is 108 Å². The molecule has 4 aromatic rings. The number of carbonyl (C=O) groups excluding carboxylic acids is 1. The maximum atomic E-state index is 12.0. The summed E-state index contributed by atoms with van der Waals surface area (Å²) in [7, 11) is 1.62. The number of nitrogens with one attached hydrogen (secondary N) is 1. The molecule has 0 unspecified atom stereocenters. The lowest BCUT2D eigenvalue weighted by Crippen LogP contribution is -2.17. The van der Waals surface area contributed by atoms with Crippen LogP contribution in [-0.4, -0.2) is 19.2 Å². The fourth-order valence-electron chi connectivity index (χ4n) is 3.29. The number of methoxy groups -OCH3 is 1. The summed E-state index contributed by atoms with van der Waals surface area (Å²) >= 11 is 0. The molecule has 6 heteroatoms. The summed E-state index contributed by atoms with van der Waals surface area (Å²) in [6.07, 6.45) is 1.59. The van der Waals surface area contributed by atoms with Crippen molar-refractivity contribution in [3.63, 3.8) is 0 Å². The minimum absolute atomic E-state index is 0.256. The van der Waals surface area contributed by atoms with Crippen LogP contribution in [-0.2, 0) is 13.2 Å². The van der Waals surface area contributed by atoms with Gasteiger partial charge in [-0.1, -0.05) is 54.6 Å². The summed E-state index contributed by atoms with van der Waals surface area (Å²) in [5, 5.41) is 4.01. The van der Waals surface area contributed by atoms with E-state index < -0.39 is 0 Å². The Morgan fingerprint density at radius 3 is 2.17 bits per heavy atom. The van der Waals surface area contributed by atoms with Gasteiger partial charge in [-0.05, 0) is 65.2 Å². The highest BCUT2D eigenvalue weighted by Crippen LogP contribution is 2.29. The third-order valence-electron chi connectivity index (χ3n) is 5.17. The Labute approximate surface area is 204 Å². The molecule has 176 valence electrons. The molecular formula is C29H26N2O4. The zero-order valence-electron chi connectivity index (χ0n) is 19.4. The smallest absolute Gasteiger partial charge is 0.271 e. The van der Waals surface area contributed by atoms with Gasteiger partial charge >= 0.3 is 0 Å². The Bertz CT molecular complexity index is 1260. The quantitative estimate of drug-likeness (QED) is 0.243. The number of nitrogens with zero attached hydrogens (tertiary/aromatic N) is 1. The van der Waals surface area contributed by atoms with E-state index in [1.807, 2.05) is 91.0 Å². The molecule has 1 N–H and O–H groups in total. The summed E-state index contributed by atoms with van der Waals surface area (Å²) in [5.41, 5.74) is 5.97. The Hall–Kier alpha value is -4.58. The van der Waals surface area contributed by atoms with E-state index in [2.05, 4.69) is 10.5 Å². The number of rotatable bonds is 10. The van der Waals surface area contributed by atoms with Crippen LogP contribution in [0, 0.1) is 0 Å². The summed E-state index contributed by atoms with van der Waals surface area (Å²) in [4.78, 5) is 12.0. The summed E-state index contributed by atoms with van der Waals surface area (Å²) in [6.45, 7) is 0.856. The van der Waals surface area contributed by atoms with Gasteiger partial charge in [0.05, 0.1) is 13.3 Å². The Kier molecular flexibility index (Phi) is 8.11. The highest BCUT2D eigenvalue weighted by atomic mass is 16.5. The van der Waals surface area contributed by atoms with Gasteiger partial charge in [0.15, 0.2) is 11.5 Å². The normalized spacial score (nSPS) is 10.7. The van der Waals surface area contributed by atoms with Gasteiger partial charge in [0, 0.05) is 5.56 Å². The van der Waals surface area contributed by atoms with E-state index >= 15 is 0 Å². The van der Waals surface area contributed by atoms with E-state index in [0.29, 0.717) is 30.3 Å². The Balaban J connectivity index is 1.28. The maximum absolute atomic E-state index is 12.0. The van der Waals surface area contributed by atoms with Crippen molar-refractivity contribution in [3.05, 3.63) is 125 Å². The predicted octanol–water partition coefficient (Wildman–Crippen LogP) is 5.62. The van der Waals surface area contributed by atoms with Crippen LogP contribution < -0.4 is 19.6 Å². The van der Waals surface area contributed by atoms with Gasteiger partial charge < -0.3 is 14.2 Å². The molecule has 6 nitrogen and oxygen atoms in total. The van der Waals surface area contributed by atoms with E-state index in [4.69, 9.17) is 14.2 Å². The first-order chi connectivity index (χ1) is 17.2. The molecule has 0 bridgehead atoms. The number of ether oxygens (including phenoxy) is 3. The van der Waals surface area contributed by atoms with Crippen molar-refractivity contribution in [1.82, 2.24) is 5.43 Å². The van der Waals surface area contributed by atoms with Gasteiger partial charge in [-0.25, -0.2) is 5.43 Å². The van der Waals surface area contributed by atoms with Crippen molar-refractivity contribution < 1.29 is 19.0 Å². The molecule has 1 amide bonds. The molecule has 0 heterocycles. The van der Waals surface area contributed by atoms with Crippen LogP contribution >= 0.6 is 0 Å². The van der Waals surface area contributed by atoms with Gasteiger partial charge in [-0.3, -0.25) is 4.79 Å². The van der Waals surface area contributed by atoms with Gasteiger partial charge in [-0.15, -0.1) is 0 Å². The number of carbonyl (C=O) groups is 1. The molecule has 0 saturated heterocycles. The standard InChI is InChI=1S/C29H26N2O4/c1-33-28-18-24(14-17-27(28)35-20-23-8-4-2-5-9-23)21-34-26-15-12-22(13-16-26)19-30-31-29(32)25-10-6-3-7-11-25/h2-19H,20-21H2,1H3,(H,31,32). The van der Waals surface area contributed by atoms with E-state index in [9.17, 15) is 4.79 Å². The molecule has 4 rings (SSSR count). The number of hydrogen-bond donors (Lipinski definition) is 1. The van der Waals surface area contributed by atoms with Crippen molar-refractivity contribution in [3.8, 4) is 17.2 Å². The summed E-state index contributed by atoms with van der Waals surface area (Å²) in [5.74, 6) is 1.81. The first-order valence-electron chi connectivity index (χ1n) is 11.2. The largest absolute Gasteiger partial charge is 0.493 e. The second kappa shape index (κ2) is 12.0. The number of hydrazone groups is 1. The average Bonchev–Trinajstić information content (AvgIpc) is 2.92. The molecule has 0 aliphatic heterocycles. The highest BCUT2D eigenvalue weighted by molar-refractivity contribution is 5.94. The van der Waals surface area contributed by atoms with Crippen LogP contribution in [0.4, 0.5) is 0 Å². The topological polar surface area (TPSA) is 69.2 Å². The second-order valence-corrected chi connectivity index (χ2v) is 7.68. The molecule has 0 radical (unpaired) electrons. The van der Waals surface area contributed by atoms with Crippen LogP contribution in [0.1, 0.15) is 27.0 Å². The van der Waals surface area contributed by atoms with E-state index in [1.165, 1.54) is 0 Å². The van der Waals surface area contributed by atoms with Crippen molar-refractivity contribution in [2.45, 2.75) is 13.2 Å². The summed E-state index contributed by atoms with van der Waals surface area (Å²) < 4.78 is 17.3.